The molecule has 15 heavy (non-hydrogen) atoms. The molecule has 1 heterocycles. The van der Waals surface area contributed by atoms with Crippen molar-refractivity contribution in [3.05, 3.63) is 0 Å². The first-order valence-corrected chi connectivity index (χ1v) is 5.28. The molecule has 1 aliphatic heterocycles. The van der Waals surface area contributed by atoms with Crippen LogP contribution in [-0.2, 0) is 9.53 Å². The van der Waals surface area contributed by atoms with Gasteiger partial charge in [0.25, 0.3) is 0 Å². The highest BCUT2D eigenvalue weighted by atomic mass is 16.5. The molecule has 1 unspecified atom stereocenters. The fraction of sp³-hybridized carbons (Fsp3) is 0.900. The molecule has 0 bridgehead atoms. The lowest BCUT2D eigenvalue weighted by molar-refractivity contribution is -0.148. The summed E-state index contributed by atoms with van der Waals surface area (Å²) in [6, 6.07) is 0.0381. The quantitative estimate of drug-likeness (QED) is 0.651. The fourth-order valence-corrected chi connectivity index (χ4v) is 1.66. The van der Waals surface area contributed by atoms with Gasteiger partial charge in [0.2, 0.25) is 5.91 Å². The summed E-state index contributed by atoms with van der Waals surface area (Å²) in [6.07, 6.45) is 0.596. The van der Waals surface area contributed by atoms with Gasteiger partial charge in [0.1, 0.15) is 6.61 Å². The molecule has 1 aliphatic rings. The number of carbonyl (C=O) groups excluding carboxylic acids is 1. The highest BCUT2D eigenvalue weighted by Gasteiger charge is 2.27. The zero-order chi connectivity index (χ0) is 11.3. The van der Waals surface area contributed by atoms with Gasteiger partial charge in [-0.05, 0) is 20.5 Å². The minimum absolute atomic E-state index is 0.0292. The van der Waals surface area contributed by atoms with Crippen LogP contribution in [0.2, 0.25) is 0 Å². The Kier molecular flexibility index (Phi) is 5.01. The van der Waals surface area contributed by atoms with Crippen LogP contribution in [-0.4, -0.2) is 73.9 Å². The van der Waals surface area contributed by atoms with Gasteiger partial charge in [0.05, 0.1) is 12.6 Å². The third-order valence-electron chi connectivity index (χ3n) is 2.55. The number of nitrogens with zero attached hydrogens (tertiary/aromatic N) is 2. The molecule has 88 valence electrons. The second-order valence-electron chi connectivity index (χ2n) is 4.07. The Morgan fingerprint density at radius 2 is 2.33 bits per heavy atom. The number of hydrogen-bond acceptors (Lipinski definition) is 4. The van der Waals surface area contributed by atoms with Crippen LogP contribution >= 0.6 is 0 Å². The number of morpholine rings is 1. The van der Waals surface area contributed by atoms with E-state index in [9.17, 15) is 4.79 Å². The Labute approximate surface area is 90.6 Å². The Bertz CT molecular complexity index is 207. The van der Waals surface area contributed by atoms with Crippen LogP contribution in [0.25, 0.3) is 0 Å². The molecule has 1 fully saturated rings. The number of rotatable bonds is 5. The molecule has 5 nitrogen and oxygen atoms in total. The van der Waals surface area contributed by atoms with E-state index in [-0.39, 0.29) is 25.2 Å². The Morgan fingerprint density at radius 1 is 1.60 bits per heavy atom. The summed E-state index contributed by atoms with van der Waals surface area (Å²) in [7, 11) is 3.96. The molecule has 1 atom stereocenters. The smallest absolute Gasteiger partial charge is 0.248 e. The van der Waals surface area contributed by atoms with E-state index in [1.807, 2.05) is 23.9 Å². The van der Waals surface area contributed by atoms with Gasteiger partial charge in [0.15, 0.2) is 0 Å². The second kappa shape index (κ2) is 6.05. The summed E-state index contributed by atoms with van der Waals surface area (Å²) in [6.45, 7) is 2.36. The lowest BCUT2D eigenvalue weighted by Crippen LogP contribution is -2.51. The molecule has 0 radical (unpaired) electrons. The predicted molar refractivity (Wildman–Crippen MR) is 56.6 cm³/mol. The minimum atomic E-state index is 0.0292. The van der Waals surface area contributed by atoms with Gasteiger partial charge in [-0.1, -0.05) is 0 Å². The van der Waals surface area contributed by atoms with Crippen LogP contribution in [0.1, 0.15) is 6.42 Å². The highest BCUT2D eigenvalue weighted by molar-refractivity contribution is 5.78. The maximum Gasteiger partial charge on any atom is 0.248 e. The first kappa shape index (κ1) is 12.4. The number of amides is 1. The number of ether oxygens (including phenoxy) is 1. The monoisotopic (exact) mass is 216 g/mol. The molecule has 1 rings (SSSR count). The van der Waals surface area contributed by atoms with Gasteiger partial charge in [-0.2, -0.15) is 0 Å². The summed E-state index contributed by atoms with van der Waals surface area (Å²) >= 11 is 0. The van der Waals surface area contributed by atoms with Gasteiger partial charge in [-0.3, -0.25) is 4.79 Å². The largest absolute Gasteiger partial charge is 0.396 e. The molecule has 0 spiro atoms. The Balaban J connectivity index is 2.48. The summed E-state index contributed by atoms with van der Waals surface area (Å²) in [5.41, 5.74) is 0. The first-order chi connectivity index (χ1) is 7.15. The number of aliphatic hydroxyl groups is 1. The molecule has 1 saturated heterocycles. The van der Waals surface area contributed by atoms with Crippen molar-refractivity contribution in [3.8, 4) is 0 Å². The minimum Gasteiger partial charge on any atom is -0.396 e. The first-order valence-electron chi connectivity index (χ1n) is 5.28. The van der Waals surface area contributed by atoms with Crippen molar-refractivity contribution >= 4 is 5.91 Å². The van der Waals surface area contributed by atoms with Crippen LogP contribution in [0.3, 0.4) is 0 Å². The van der Waals surface area contributed by atoms with Crippen LogP contribution in [0.15, 0.2) is 0 Å². The molecule has 5 heteroatoms. The molecule has 0 aliphatic carbocycles. The fourth-order valence-electron chi connectivity index (χ4n) is 1.66. The van der Waals surface area contributed by atoms with E-state index in [1.54, 1.807) is 0 Å². The van der Waals surface area contributed by atoms with Crippen LogP contribution in [0, 0.1) is 0 Å². The van der Waals surface area contributed by atoms with Gasteiger partial charge < -0.3 is 19.6 Å². The maximum atomic E-state index is 11.6. The predicted octanol–water partition coefficient (Wildman–Crippen LogP) is -0.842. The number of aliphatic hydroxyl groups excluding tert-OH is 1. The third-order valence-corrected chi connectivity index (χ3v) is 2.55. The highest BCUT2D eigenvalue weighted by Crippen LogP contribution is 2.10. The topological polar surface area (TPSA) is 53.0 Å². The molecule has 1 N–H and O–H groups in total. The van der Waals surface area contributed by atoms with E-state index < -0.39 is 0 Å². The summed E-state index contributed by atoms with van der Waals surface area (Å²) in [4.78, 5) is 15.5. The van der Waals surface area contributed by atoms with E-state index in [1.165, 1.54) is 0 Å². The zero-order valence-corrected chi connectivity index (χ0v) is 9.48. The summed E-state index contributed by atoms with van der Waals surface area (Å²) < 4.78 is 5.17. The Hall–Kier alpha value is -0.650. The van der Waals surface area contributed by atoms with Crippen LogP contribution in [0.5, 0.6) is 0 Å². The van der Waals surface area contributed by atoms with Gasteiger partial charge in [-0.15, -0.1) is 0 Å². The van der Waals surface area contributed by atoms with Crippen molar-refractivity contribution in [2.24, 2.45) is 0 Å². The van der Waals surface area contributed by atoms with Gasteiger partial charge in [-0.25, -0.2) is 0 Å². The normalized spacial score (nSPS) is 22.5. The maximum absolute atomic E-state index is 11.6. The number of likely N-dealkylation sites (N-methyl/N-ethyl adjacent to an activating group) is 1. The third kappa shape index (κ3) is 3.77. The second-order valence-corrected chi connectivity index (χ2v) is 4.07. The molecule has 0 aromatic heterocycles. The van der Waals surface area contributed by atoms with Crippen LogP contribution < -0.4 is 0 Å². The SMILES string of the molecule is CN(C)CCN1C(=O)COCC1CCO. The number of hydrogen-bond donors (Lipinski definition) is 1. The summed E-state index contributed by atoms with van der Waals surface area (Å²) in [5, 5.41) is 8.90. The van der Waals surface area contributed by atoms with E-state index in [2.05, 4.69) is 0 Å². The van der Waals surface area contributed by atoms with Crippen molar-refractivity contribution < 1.29 is 14.6 Å². The lowest BCUT2D eigenvalue weighted by Gasteiger charge is -2.35. The molecular weight excluding hydrogens is 196 g/mol. The zero-order valence-electron chi connectivity index (χ0n) is 9.48. The van der Waals surface area contributed by atoms with Crippen molar-refractivity contribution in [3.63, 3.8) is 0 Å². The summed E-state index contributed by atoms with van der Waals surface area (Å²) in [5.74, 6) is 0.0292. The van der Waals surface area contributed by atoms with E-state index in [0.717, 1.165) is 6.54 Å². The Morgan fingerprint density at radius 3 is 2.93 bits per heavy atom. The van der Waals surface area contributed by atoms with Gasteiger partial charge >= 0.3 is 0 Å². The van der Waals surface area contributed by atoms with Crippen LogP contribution in [0.4, 0.5) is 0 Å². The lowest BCUT2D eigenvalue weighted by atomic mass is 10.1. The van der Waals surface area contributed by atoms with E-state index in [0.29, 0.717) is 19.6 Å². The molecule has 1 amide bonds. The van der Waals surface area contributed by atoms with Gasteiger partial charge in [0, 0.05) is 19.7 Å². The van der Waals surface area contributed by atoms with Crippen molar-refractivity contribution in [1.82, 2.24) is 9.80 Å². The molecule has 0 aromatic rings. The van der Waals surface area contributed by atoms with E-state index in [4.69, 9.17) is 9.84 Å². The average Bonchev–Trinajstić information content (AvgIpc) is 2.17. The number of carbonyl (C=O) groups is 1. The van der Waals surface area contributed by atoms with E-state index >= 15 is 0 Å². The average molecular weight is 216 g/mol. The molecule has 0 saturated carbocycles. The van der Waals surface area contributed by atoms with Crippen molar-refractivity contribution in [1.29, 1.82) is 0 Å². The van der Waals surface area contributed by atoms with Crippen molar-refractivity contribution in [2.75, 3.05) is 47.0 Å². The molecule has 0 aromatic carbocycles. The van der Waals surface area contributed by atoms with Crippen molar-refractivity contribution in [2.45, 2.75) is 12.5 Å². The standard InChI is InChI=1S/C10H20N2O3/c1-11(2)4-5-12-9(3-6-13)7-15-8-10(12)14/h9,13H,3-8H2,1-2H3. The molecular formula is C10H20N2O3.